The monoisotopic (exact) mass is 370 g/mol. The van der Waals surface area contributed by atoms with Gasteiger partial charge in [-0.3, -0.25) is 14.3 Å². The summed E-state index contributed by atoms with van der Waals surface area (Å²) >= 11 is 0. The van der Waals surface area contributed by atoms with Crippen molar-refractivity contribution >= 4 is 17.5 Å². The number of rotatable bonds is 6. The molecular weight excluding hydrogens is 344 g/mol. The van der Waals surface area contributed by atoms with Crippen LogP contribution in [0, 0.1) is 13.8 Å². The van der Waals surface area contributed by atoms with E-state index in [4.69, 9.17) is 4.74 Å². The highest BCUT2D eigenvalue weighted by Gasteiger charge is 2.31. The van der Waals surface area contributed by atoms with Crippen LogP contribution in [0.2, 0.25) is 0 Å². The second-order valence-electron chi connectivity index (χ2n) is 7.05. The molecule has 0 saturated carbocycles. The number of amides is 2. The van der Waals surface area contributed by atoms with Crippen molar-refractivity contribution in [3.63, 3.8) is 0 Å². The van der Waals surface area contributed by atoms with Crippen LogP contribution < -0.4 is 15.0 Å². The number of anilines is 1. The van der Waals surface area contributed by atoms with Gasteiger partial charge in [0.2, 0.25) is 5.91 Å². The first-order valence-electron chi connectivity index (χ1n) is 9.22. The van der Waals surface area contributed by atoms with E-state index in [9.17, 15) is 9.59 Å². The average molecular weight is 370 g/mol. The zero-order valence-electron chi connectivity index (χ0n) is 16.2. The maximum atomic E-state index is 12.5. The van der Waals surface area contributed by atoms with Crippen molar-refractivity contribution in [2.45, 2.75) is 52.8 Å². The summed E-state index contributed by atoms with van der Waals surface area (Å²) in [6.07, 6.45) is -0.318. The molecule has 27 heavy (non-hydrogen) atoms. The van der Waals surface area contributed by atoms with Crippen LogP contribution in [0.3, 0.4) is 0 Å². The number of hydrogen-bond donors (Lipinski definition) is 1. The predicted octanol–water partition coefficient (Wildman–Crippen LogP) is 2.21. The Balaban J connectivity index is 1.57. The largest absolute Gasteiger partial charge is 0.479 e. The Labute approximate surface area is 159 Å². The summed E-state index contributed by atoms with van der Waals surface area (Å²) < 4.78 is 7.52. The molecule has 1 N–H and O–H groups in total. The molecule has 3 rings (SSSR count). The summed E-state index contributed by atoms with van der Waals surface area (Å²) in [5.41, 5.74) is 2.74. The molecular formula is C20H26N4O3. The van der Waals surface area contributed by atoms with Crippen LogP contribution in [-0.4, -0.2) is 40.3 Å². The van der Waals surface area contributed by atoms with E-state index in [0.29, 0.717) is 24.5 Å². The second-order valence-corrected chi connectivity index (χ2v) is 7.05. The van der Waals surface area contributed by atoms with Crippen molar-refractivity contribution in [3.05, 3.63) is 41.7 Å². The fourth-order valence-corrected chi connectivity index (χ4v) is 3.31. The van der Waals surface area contributed by atoms with Gasteiger partial charge in [0.25, 0.3) is 5.91 Å². The third-order valence-electron chi connectivity index (χ3n) is 4.59. The molecule has 0 fully saturated rings. The lowest BCUT2D eigenvalue weighted by Gasteiger charge is -2.32. The van der Waals surface area contributed by atoms with E-state index in [1.54, 1.807) is 11.8 Å². The number of para-hydroxylation sites is 2. The lowest BCUT2D eigenvalue weighted by Crippen LogP contribution is -2.46. The molecule has 1 aromatic heterocycles. The molecule has 0 spiro atoms. The number of nitrogens with one attached hydrogen (secondary N) is 1. The first-order valence-corrected chi connectivity index (χ1v) is 9.22. The van der Waals surface area contributed by atoms with Gasteiger partial charge in [-0.15, -0.1) is 0 Å². The molecule has 144 valence electrons. The molecule has 2 amide bonds. The Morgan fingerprint density at radius 3 is 2.78 bits per heavy atom. The third-order valence-corrected chi connectivity index (χ3v) is 4.59. The highest BCUT2D eigenvalue weighted by Crippen LogP contribution is 2.33. The molecule has 1 aliphatic heterocycles. The van der Waals surface area contributed by atoms with Gasteiger partial charge >= 0.3 is 0 Å². The van der Waals surface area contributed by atoms with Gasteiger partial charge in [0.1, 0.15) is 5.75 Å². The van der Waals surface area contributed by atoms with Crippen LogP contribution >= 0.6 is 0 Å². The number of aromatic nitrogens is 2. The molecule has 2 aromatic rings. The molecule has 1 aliphatic rings. The van der Waals surface area contributed by atoms with Crippen LogP contribution in [0.25, 0.3) is 0 Å². The Kier molecular flexibility index (Phi) is 5.48. The molecule has 7 heteroatoms. The minimum absolute atomic E-state index is 0.0536. The van der Waals surface area contributed by atoms with Gasteiger partial charge in [-0.1, -0.05) is 12.1 Å². The van der Waals surface area contributed by atoms with E-state index in [1.807, 2.05) is 55.8 Å². The Hall–Kier alpha value is -2.83. The van der Waals surface area contributed by atoms with Gasteiger partial charge in [0.05, 0.1) is 17.9 Å². The zero-order chi connectivity index (χ0) is 19.6. The van der Waals surface area contributed by atoms with Gasteiger partial charge in [0, 0.05) is 24.7 Å². The Bertz CT molecular complexity index is 846. The number of nitrogens with zero attached hydrogens (tertiary/aromatic N) is 3. The van der Waals surface area contributed by atoms with E-state index in [0.717, 1.165) is 11.4 Å². The van der Waals surface area contributed by atoms with Crippen molar-refractivity contribution in [1.29, 1.82) is 0 Å². The van der Waals surface area contributed by atoms with Gasteiger partial charge < -0.3 is 15.0 Å². The van der Waals surface area contributed by atoms with Crippen LogP contribution in [0.15, 0.2) is 30.3 Å². The van der Waals surface area contributed by atoms with Gasteiger partial charge in [0.15, 0.2) is 6.10 Å². The fourth-order valence-electron chi connectivity index (χ4n) is 3.31. The van der Waals surface area contributed by atoms with Gasteiger partial charge in [-0.25, -0.2) is 0 Å². The summed E-state index contributed by atoms with van der Waals surface area (Å²) in [6.45, 7) is 8.55. The Morgan fingerprint density at radius 2 is 2.07 bits per heavy atom. The highest BCUT2D eigenvalue weighted by atomic mass is 16.5. The molecule has 2 heterocycles. The number of aryl methyl sites for hydroxylation is 2. The van der Waals surface area contributed by atoms with Crippen molar-refractivity contribution in [3.8, 4) is 5.75 Å². The molecule has 1 aromatic carbocycles. The summed E-state index contributed by atoms with van der Waals surface area (Å²) in [7, 11) is 0. The zero-order valence-corrected chi connectivity index (χ0v) is 16.2. The van der Waals surface area contributed by atoms with Crippen molar-refractivity contribution in [2.24, 2.45) is 0 Å². The van der Waals surface area contributed by atoms with Gasteiger partial charge in [-0.05, 0) is 45.9 Å². The van der Waals surface area contributed by atoms with Gasteiger partial charge in [-0.2, -0.15) is 5.10 Å². The van der Waals surface area contributed by atoms with E-state index in [1.165, 1.54) is 0 Å². The predicted molar refractivity (Wildman–Crippen MR) is 103 cm³/mol. The maximum absolute atomic E-state index is 12.5. The number of carbonyl (C=O) groups is 2. The first-order chi connectivity index (χ1) is 12.8. The normalized spacial score (nSPS) is 17.3. The van der Waals surface area contributed by atoms with E-state index in [2.05, 4.69) is 10.4 Å². The number of carbonyl (C=O) groups excluding carboxylic acids is 2. The lowest BCUT2D eigenvalue weighted by molar-refractivity contribution is -0.125. The van der Waals surface area contributed by atoms with E-state index < -0.39 is 6.10 Å². The lowest BCUT2D eigenvalue weighted by atomic mass is 10.1. The van der Waals surface area contributed by atoms with Crippen LogP contribution in [0.4, 0.5) is 5.69 Å². The Morgan fingerprint density at radius 1 is 1.33 bits per heavy atom. The molecule has 0 aliphatic carbocycles. The van der Waals surface area contributed by atoms with Crippen LogP contribution in [-0.2, 0) is 16.1 Å². The molecule has 0 saturated heterocycles. The standard InChI is InChI=1S/C20H26N4O3/c1-13-11-15(3)24(22-13)12-14(2)21-19(25)9-10-23-17-7-5-6-8-18(17)27-16(4)20(23)26/h5-8,11,14,16H,9-10,12H2,1-4H3,(H,21,25)/t14-,16-/m1/s1. The summed E-state index contributed by atoms with van der Waals surface area (Å²) in [5.74, 6) is 0.452. The molecule has 0 unspecified atom stereocenters. The molecule has 0 bridgehead atoms. The third kappa shape index (κ3) is 4.30. The number of fused-ring (bicyclic) bond motifs is 1. The SMILES string of the molecule is Cc1cc(C)n(C[C@@H](C)NC(=O)CCN2C(=O)[C@@H](C)Oc3ccccc32)n1. The van der Waals surface area contributed by atoms with Crippen LogP contribution in [0.1, 0.15) is 31.7 Å². The number of hydrogen-bond acceptors (Lipinski definition) is 4. The fraction of sp³-hybridized carbons (Fsp3) is 0.450. The van der Waals surface area contributed by atoms with Crippen molar-refractivity contribution in [1.82, 2.24) is 15.1 Å². The quantitative estimate of drug-likeness (QED) is 0.846. The minimum atomic E-state index is -0.548. The smallest absolute Gasteiger partial charge is 0.267 e. The average Bonchev–Trinajstić information content (AvgIpc) is 2.92. The first kappa shape index (κ1) is 18.9. The topological polar surface area (TPSA) is 76.5 Å². The second kappa shape index (κ2) is 7.82. The summed E-state index contributed by atoms with van der Waals surface area (Å²) in [4.78, 5) is 26.5. The highest BCUT2D eigenvalue weighted by molar-refractivity contribution is 6.00. The summed E-state index contributed by atoms with van der Waals surface area (Å²) in [6, 6.07) is 9.35. The summed E-state index contributed by atoms with van der Waals surface area (Å²) in [5, 5.41) is 7.40. The van der Waals surface area contributed by atoms with E-state index in [-0.39, 0.29) is 24.3 Å². The maximum Gasteiger partial charge on any atom is 0.267 e. The molecule has 0 radical (unpaired) electrons. The van der Waals surface area contributed by atoms with E-state index >= 15 is 0 Å². The minimum Gasteiger partial charge on any atom is -0.479 e. The van der Waals surface area contributed by atoms with Crippen molar-refractivity contribution in [2.75, 3.05) is 11.4 Å². The molecule has 7 nitrogen and oxygen atoms in total. The van der Waals surface area contributed by atoms with Crippen molar-refractivity contribution < 1.29 is 14.3 Å². The van der Waals surface area contributed by atoms with Crippen LogP contribution in [0.5, 0.6) is 5.75 Å². The molecule has 2 atom stereocenters. The number of benzene rings is 1. The number of ether oxygens (including phenoxy) is 1.